The monoisotopic (exact) mass is 438 g/mol. The molecule has 2 saturated heterocycles. The molecule has 0 bridgehead atoms. The van der Waals surface area contributed by atoms with Crippen molar-refractivity contribution in [3.05, 3.63) is 0 Å². The maximum absolute atomic E-state index is 12.3. The molecule has 2 rings (SSSR count). The number of rotatable bonds is 4. The van der Waals surface area contributed by atoms with Gasteiger partial charge in [0.2, 0.25) is 0 Å². The number of piperazine rings is 1. The lowest BCUT2D eigenvalue weighted by atomic mass is 10.1. The predicted octanol–water partition coefficient (Wildman–Crippen LogP) is 1.55. The number of aliphatic imine (C=N–C) groups is 1. The summed E-state index contributed by atoms with van der Waals surface area (Å²) < 4.78 is 5.50. The van der Waals surface area contributed by atoms with Crippen LogP contribution < -0.4 is 5.32 Å². The van der Waals surface area contributed by atoms with E-state index in [4.69, 9.17) is 4.74 Å². The number of halogens is 1. The fourth-order valence-corrected chi connectivity index (χ4v) is 2.92. The van der Waals surface area contributed by atoms with Crippen molar-refractivity contribution in [3.63, 3.8) is 0 Å². The molecule has 1 atom stereocenters. The summed E-state index contributed by atoms with van der Waals surface area (Å²) in [6.07, 6.45) is 2.81. The Morgan fingerprint density at radius 3 is 2.43 bits per heavy atom. The number of guanidine groups is 1. The number of hydrogen-bond acceptors (Lipinski definition) is 3. The SMILES string of the molecule is CN=C(NCCC(C)C)N1CCN(C(=O)C2CCCO2)CC1.I. The van der Waals surface area contributed by atoms with Gasteiger partial charge in [0.1, 0.15) is 6.10 Å². The van der Waals surface area contributed by atoms with Crippen LogP contribution in [0, 0.1) is 5.92 Å². The van der Waals surface area contributed by atoms with Crippen LogP contribution in [-0.2, 0) is 9.53 Å². The topological polar surface area (TPSA) is 57.2 Å². The second-order valence-electron chi connectivity index (χ2n) is 6.47. The summed E-state index contributed by atoms with van der Waals surface area (Å²) in [7, 11) is 1.82. The van der Waals surface area contributed by atoms with E-state index in [1.807, 2.05) is 11.9 Å². The maximum Gasteiger partial charge on any atom is 0.251 e. The van der Waals surface area contributed by atoms with Crippen LogP contribution in [0.25, 0.3) is 0 Å². The lowest BCUT2D eigenvalue weighted by Gasteiger charge is -2.37. The lowest BCUT2D eigenvalue weighted by molar-refractivity contribution is -0.142. The molecule has 1 unspecified atom stereocenters. The zero-order chi connectivity index (χ0) is 15.9. The summed E-state index contributed by atoms with van der Waals surface area (Å²) in [5.41, 5.74) is 0. The number of carbonyl (C=O) groups excluding carboxylic acids is 1. The van der Waals surface area contributed by atoms with Crippen LogP contribution in [0.2, 0.25) is 0 Å². The summed E-state index contributed by atoms with van der Waals surface area (Å²) in [6, 6.07) is 0. The van der Waals surface area contributed by atoms with E-state index in [9.17, 15) is 4.79 Å². The Morgan fingerprint density at radius 2 is 1.91 bits per heavy atom. The molecule has 0 aromatic heterocycles. The second-order valence-corrected chi connectivity index (χ2v) is 6.47. The van der Waals surface area contributed by atoms with Crippen molar-refractivity contribution in [1.29, 1.82) is 0 Å². The van der Waals surface area contributed by atoms with Crippen molar-refractivity contribution in [1.82, 2.24) is 15.1 Å². The van der Waals surface area contributed by atoms with E-state index >= 15 is 0 Å². The summed E-state index contributed by atoms with van der Waals surface area (Å²) in [4.78, 5) is 20.9. The highest BCUT2D eigenvalue weighted by Gasteiger charge is 2.30. The molecule has 7 heteroatoms. The smallest absolute Gasteiger partial charge is 0.251 e. The van der Waals surface area contributed by atoms with Crippen molar-refractivity contribution < 1.29 is 9.53 Å². The van der Waals surface area contributed by atoms with E-state index in [0.717, 1.165) is 64.6 Å². The fourth-order valence-electron chi connectivity index (χ4n) is 2.92. The van der Waals surface area contributed by atoms with Gasteiger partial charge in [-0.05, 0) is 25.2 Å². The van der Waals surface area contributed by atoms with Gasteiger partial charge < -0.3 is 19.9 Å². The third-order valence-corrected chi connectivity index (χ3v) is 4.31. The largest absolute Gasteiger partial charge is 0.368 e. The number of amides is 1. The highest BCUT2D eigenvalue weighted by atomic mass is 127. The Kier molecular flexibility index (Phi) is 9.19. The first-order chi connectivity index (χ1) is 10.6. The van der Waals surface area contributed by atoms with Gasteiger partial charge in [-0.1, -0.05) is 13.8 Å². The first-order valence-corrected chi connectivity index (χ1v) is 8.47. The standard InChI is InChI=1S/C16H30N4O2.HI/c1-13(2)6-7-18-16(17-3)20-10-8-19(9-11-20)15(21)14-5-4-12-22-14;/h13-14H,4-12H2,1-3H3,(H,17,18);1H. The van der Waals surface area contributed by atoms with Crippen molar-refractivity contribution in [2.24, 2.45) is 10.9 Å². The molecule has 0 aromatic carbocycles. The molecule has 1 amide bonds. The first kappa shape index (κ1) is 20.5. The van der Waals surface area contributed by atoms with Gasteiger partial charge in [-0.2, -0.15) is 0 Å². The van der Waals surface area contributed by atoms with E-state index in [1.54, 1.807) is 0 Å². The van der Waals surface area contributed by atoms with Crippen LogP contribution in [0.3, 0.4) is 0 Å². The van der Waals surface area contributed by atoms with E-state index in [-0.39, 0.29) is 36.0 Å². The maximum atomic E-state index is 12.3. The molecular formula is C16H31IN4O2. The number of carbonyl (C=O) groups is 1. The lowest BCUT2D eigenvalue weighted by Crippen LogP contribution is -2.55. The van der Waals surface area contributed by atoms with Crippen LogP contribution in [0.1, 0.15) is 33.1 Å². The molecule has 0 aromatic rings. The van der Waals surface area contributed by atoms with Crippen molar-refractivity contribution in [2.75, 3.05) is 46.4 Å². The number of hydrogen-bond donors (Lipinski definition) is 1. The Labute approximate surface area is 157 Å². The van der Waals surface area contributed by atoms with E-state index in [2.05, 4.69) is 29.1 Å². The van der Waals surface area contributed by atoms with Crippen LogP contribution in [-0.4, -0.2) is 74.1 Å². The number of ether oxygens (including phenoxy) is 1. The molecule has 23 heavy (non-hydrogen) atoms. The molecule has 0 aliphatic carbocycles. The molecule has 0 radical (unpaired) electrons. The van der Waals surface area contributed by atoms with Crippen molar-refractivity contribution >= 4 is 35.8 Å². The minimum Gasteiger partial charge on any atom is -0.368 e. The van der Waals surface area contributed by atoms with Gasteiger partial charge in [-0.15, -0.1) is 24.0 Å². The Morgan fingerprint density at radius 1 is 1.26 bits per heavy atom. The Bertz CT molecular complexity index is 390. The minimum absolute atomic E-state index is 0. The summed E-state index contributed by atoms with van der Waals surface area (Å²) >= 11 is 0. The first-order valence-electron chi connectivity index (χ1n) is 8.47. The Hall–Kier alpha value is -0.570. The third kappa shape index (κ3) is 6.10. The van der Waals surface area contributed by atoms with Gasteiger partial charge in [0.25, 0.3) is 5.91 Å². The average Bonchev–Trinajstić information content (AvgIpc) is 3.05. The van der Waals surface area contributed by atoms with E-state index in [1.165, 1.54) is 0 Å². The molecular weight excluding hydrogens is 407 g/mol. The van der Waals surface area contributed by atoms with Crippen LogP contribution in [0.15, 0.2) is 4.99 Å². The van der Waals surface area contributed by atoms with Crippen LogP contribution in [0.4, 0.5) is 0 Å². The normalized spacial score (nSPS) is 22.3. The zero-order valence-corrected chi connectivity index (χ0v) is 16.9. The van der Waals surface area contributed by atoms with Gasteiger partial charge in [0.05, 0.1) is 0 Å². The number of nitrogens with one attached hydrogen (secondary N) is 1. The van der Waals surface area contributed by atoms with Gasteiger partial charge in [-0.3, -0.25) is 9.79 Å². The molecule has 134 valence electrons. The van der Waals surface area contributed by atoms with Gasteiger partial charge in [0, 0.05) is 46.4 Å². The molecule has 6 nitrogen and oxygen atoms in total. The third-order valence-electron chi connectivity index (χ3n) is 4.31. The zero-order valence-electron chi connectivity index (χ0n) is 14.6. The molecule has 2 aliphatic rings. The van der Waals surface area contributed by atoms with Crippen LogP contribution in [0.5, 0.6) is 0 Å². The van der Waals surface area contributed by atoms with Crippen LogP contribution >= 0.6 is 24.0 Å². The fraction of sp³-hybridized carbons (Fsp3) is 0.875. The molecule has 1 N–H and O–H groups in total. The van der Waals surface area contributed by atoms with E-state index < -0.39 is 0 Å². The van der Waals surface area contributed by atoms with Gasteiger partial charge >= 0.3 is 0 Å². The predicted molar refractivity (Wildman–Crippen MR) is 103 cm³/mol. The Balaban J connectivity index is 0.00000264. The summed E-state index contributed by atoms with van der Waals surface area (Å²) in [5, 5.41) is 3.42. The quantitative estimate of drug-likeness (QED) is 0.411. The number of nitrogens with zero attached hydrogens (tertiary/aromatic N) is 3. The van der Waals surface area contributed by atoms with Gasteiger partial charge in [-0.25, -0.2) is 0 Å². The molecule has 2 fully saturated rings. The minimum atomic E-state index is -0.199. The molecule has 2 aliphatic heterocycles. The van der Waals surface area contributed by atoms with E-state index in [0.29, 0.717) is 5.92 Å². The molecule has 0 spiro atoms. The highest BCUT2D eigenvalue weighted by Crippen LogP contribution is 2.16. The summed E-state index contributed by atoms with van der Waals surface area (Å²) in [5.74, 6) is 1.80. The van der Waals surface area contributed by atoms with Crippen molar-refractivity contribution in [3.8, 4) is 0 Å². The van der Waals surface area contributed by atoms with Gasteiger partial charge in [0.15, 0.2) is 5.96 Å². The van der Waals surface area contributed by atoms with Crippen molar-refractivity contribution in [2.45, 2.75) is 39.2 Å². The molecule has 0 saturated carbocycles. The second kappa shape index (κ2) is 10.3. The average molecular weight is 438 g/mol. The highest BCUT2D eigenvalue weighted by molar-refractivity contribution is 14.0. The molecule has 2 heterocycles. The summed E-state index contributed by atoms with van der Waals surface area (Å²) in [6.45, 7) is 9.29.